The van der Waals surface area contributed by atoms with Gasteiger partial charge in [0.15, 0.2) is 0 Å². The number of H-pyrrole nitrogens is 1. The largest absolute Gasteiger partial charge is 0.340 e. The maximum Gasteiger partial charge on any atom is 0.127 e. The molecule has 1 N–H and O–H groups in total. The van der Waals surface area contributed by atoms with E-state index in [1.54, 1.807) is 6.08 Å². The highest BCUT2D eigenvalue weighted by molar-refractivity contribution is 5.76. The zero-order valence-electron chi connectivity index (χ0n) is 20.1. The summed E-state index contributed by atoms with van der Waals surface area (Å²) in [5.41, 5.74) is 7.04. The fraction of sp³-hybridized carbons (Fsp3) is 0.407. The SMILES string of the molecule is C=C1N(Cc2nc3ccc(C)cc3[nH]2)c2cnccc2C1(CC)CCC.C=CC.CC. The van der Waals surface area contributed by atoms with E-state index in [9.17, 15) is 0 Å². The fourth-order valence-corrected chi connectivity index (χ4v) is 4.42. The van der Waals surface area contributed by atoms with Crippen LogP contribution in [0.1, 0.15) is 70.8 Å². The molecule has 3 aromatic rings. The zero-order valence-corrected chi connectivity index (χ0v) is 20.1. The van der Waals surface area contributed by atoms with Crippen molar-refractivity contribution in [3.63, 3.8) is 0 Å². The Kier molecular flexibility index (Phi) is 8.61. The molecule has 0 spiro atoms. The molecule has 166 valence electrons. The second-order valence-corrected chi connectivity index (χ2v) is 7.72. The van der Waals surface area contributed by atoms with E-state index in [1.165, 1.54) is 22.5 Å². The van der Waals surface area contributed by atoms with Crippen molar-refractivity contribution in [1.29, 1.82) is 0 Å². The number of pyridine rings is 1. The van der Waals surface area contributed by atoms with Gasteiger partial charge in [0.05, 0.1) is 29.5 Å². The van der Waals surface area contributed by atoms with Crippen LogP contribution < -0.4 is 4.90 Å². The molecule has 4 heteroatoms. The lowest BCUT2D eigenvalue weighted by Crippen LogP contribution is -2.30. The first-order valence-electron chi connectivity index (χ1n) is 11.4. The van der Waals surface area contributed by atoms with Crippen LogP contribution >= 0.6 is 0 Å². The summed E-state index contributed by atoms with van der Waals surface area (Å²) in [5, 5.41) is 0. The second kappa shape index (κ2) is 10.9. The molecule has 0 amide bonds. The molecule has 1 atom stereocenters. The van der Waals surface area contributed by atoms with Gasteiger partial charge in [-0.15, -0.1) is 6.58 Å². The average Bonchev–Trinajstić information content (AvgIpc) is 3.28. The Hall–Kier alpha value is -2.88. The van der Waals surface area contributed by atoms with Gasteiger partial charge in [-0.1, -0.05) is 52.8 Å². The van der Waals surface area contributed by atoms with E-state index in [-0.39, 0.29) is 5.41 Å². The predicted molar refractivity (Wildman–Crippen MR) is 134 cm³/mol. The molecule has 31 heavy (non-hydrogen) atoms. The highest BCUT2D eigenvalue weighted by Crippen LogP contribution is 2.51. The Labute approximate surface area is 188 Å². The summed E-state index contributed by atoms with van der Waals surface area (Å²) in [6.07, 6.45) is 8.91. The quantitative estimate of drug-likeness (QED) is 0.437. The number of aromatic amines is 1. The van der Waals surface area contributed by atoms with Crippen molar-refractivity contribution < 1.29 is 0 Å². The van der Waals surface area contributed by atoms with Crippen molar-refractivity contribution in [3.8, 4) is 0 Å². The highest BCUT2D eigenvalue weighted by atomic mass is 15.2. The molecular formula is C27H38N4. The molecule has 4 nitrogen and oxygen atoms in total. The normalized spacial score (nSPS) is 16.8. The number of benzene rings is 1. The minimum Gasteiger partial charge on any atom is -0.340 e. The van der Waals surface area contributed by atoms with Crippen LogP contribution in [0.2, 0.25) is 0 Å². The predicted octanol–water partition coefficient (Wildman–Crippen LogP) is 7.47. The molecule has 0 bridgehead atoms. The number of imidazole rings is 1. The lowest BCUT2D eigenvalue weighted by Gasteiger charge is -2.31. The lowest BCUT2D eigenvalue weighted by atomic mass is 9.74. The van der Waals surface area contributed by atoms with Crippen molar-refractivity contribution in [1.82, 2.24) is 15.0 Å². The zero-order chi connectivity index (χ0) is 23.0. The molecule has 0 fully saturated rings. The van der Waals surface area contributed by atoms with Crippen LogP contribution in [0.5, 0.6) is 0 Å². The van der Waals surface area contributed by atoms with Gasteiger partial charge in [0.25, 0.3) is 0 Å². The summed E-state index contributed by atoms with van der Waals surface area (Å²) in [6.45, 7) is 21.1. The smallest absolute Gasteiger partial charge is 0.127 e. The average molecular weight is 419 g/mol. The molecule has 4 rings (SSSR count). The Morgan fingerprint density at radius 1 is 1.19 bits per heavy atom. The first kappa shape index (κ1) is 24.4. The summed E-state index contributed by atoms with van der Waals surface area (Å²) < 4.78 is 0. The number of hydrogen-bond acceptors (Lipinski definition) is 3. The molecule has 0 radical (unpaired) electrons. The van der Waals surface area contributed by atoms with E-state index in [1.807, 2.05) is 33.2 Å². The minimum atomic E-state index is 0.00955. The first-order valence-corrected chi connectivity index (χ1v) is 11.4. The molecule has 3 heterocycles. The van der Waals surface area contributed by atoms with Gasteiger partial charge in [0.2, 0.25) is 0 Å². The Morgan fingerprint density at radius 3 is 2.55 bits per heavy atom. The first-order chi connectivity index (χ1) is 15.0. The van der Waals surface area contributed by atoms with Crippen molar-refractivity contribution >= 4 is 16.7 Å². The van der Waals surface area contributed by atoms with Crippen LogP contribution in [0, 0.1) is 6.92 Å². The molecule has 1 aromatic carbocycles. The monoisotopic (exact) mass is 418 g/mol. The van der Waals surface area contributed by atoms with Crippen LogP contribution in [-0.2, 0) is 12.0 Å². The van der Waals surface area contributed by atoms with Crippen LogP contribution in [0.15, 0.2) is 61.6 Å². The van der Waals surface area contributed by atoms with E-state index in [0.29, 0.717) is 6.54 Å². The highest BCUT2D eigenvalue weighted by Gasteiger charge is 2.44. The van der Waals surface area contributed by atoms with Crippen molar-refractivity contribution in [3.05, 3.63) is 78.5 Å². The van der Waals surface area contributed by atoms with E-state index >= 15 is 0 Å². The number of nitrogens with one attached hydrogen (secondary N) is 1. The third-order valence-electron chi connectivity index (χ3n) is 5.76. The number of anilines is 1. The van der Waals surface area contributed by atoms with Gasteiger partial charge >= 0.3 is 0 Å². The number of rotatable bonds is 5. The number of allylic oxidation sites excluding steroid dienone is 2. The molecule has 1 aliphatic heterocycles. The van der Waals surface area contributed by atoms with Gasteiger partial charge in [-0.2, -0.15) is 0 Å². The number of hydrogen-bond donors (Lipinski definition) is 1. The van der Waals surface area contributed by atoms with E-state index in [2.05, 4.69) is 73.1 Å². The van der Waals surface area contributed by atoms with Crippen LogP contribution in [0.4, 0.5) is 5.69 Å². The van der Waals surface area contributed by atoms with Gasteiger partial charge in [-0.05, 0) is 56.0 Å². The molecule has 1 aliphatic rings. The molecule has 0 saturated carbocycles. The topological polar surface area (TPSA) is 44.8 Å². The number of fused-ring (bicyclic) bond motifs is 2. The maximum atomic E-state index is 4.79. The summed E-state index contributed by atoms with van der Waals surface area (Å²) in [5.74, 6) is 0.963. The summed E-state index contributed by atoms with van der Waals surface area (Å²) >= 11 is 0. The van der Waals surface area contributed by atoms with Crippen LogP contribution in [0.25, 0.3) is 11.0 Å². The van der Waals surface area contributed by atoms with Crippen LogP contribution in [0.3, 0.4) is 0 Å². The molecular weight excluding hydrogens is 380 g/mol. The molecule has 0 aliphatic carbocycles. The molecule has 2 aromatic heterocycles. The lowest BCUT2D eigenvalue weighted by molar-refractivity contribution is 0.449. The Morgan fingerprint density at radius 2 is 1.90 bits per heavy atom. The van der Waals surface area contributed by atoms with E-state index < -0.39 is 0 Å². The molecule has 1 unspecified atom stereocenters. The minimum absolute atomic E-state index is 0.00955. The van der Waals surface area contributed by atoms with E-state index in [0.717, 1.165) is 36.1 Å². The van der Waals surface area contributed by atoms with Gasteiger partial charge < -0.3 is 9.88 Å². The summed E-state index contributed by atoms with van der Waals surface area (Å²) in [7, 11) is 0. The number of aryl methyl sites for hydroxylation is 1. The second-order valence-electron chi connectivity index (χ2n) is 7.72. The third kappa shape index (κ3) is 4.73. The molecule has 0 saturated heterocycles. The van der Waals surface area contributed by atoms with Gasteiger partial charge in [0, 0.05) is 17.3 Å². The van der Waals surface area contributed by atoms with Crippen LogP contribution in [-0.4, -0.2) is 15.0 Å². The summed E-state index contributed by atoms with van der Waals surface area (Å²) in [4.78, 5) is 14.9. The van der Waals surface area contributed by atoms with Gasteiger partial charge in [0.1, 0.15) is 5.82 Å². The van der Waals surface area contributed by atoms with Gasteiger partial charge in [-0.25, -0.2) is 4.98 Å². The van der Waals surface area contributed by atoms with E-state index in [4.69, 9.17) is 4.98 Å². The fourth-order valence-electron chi connectivity index (χ4n) is 4.42. The number of aromatic nitrogens is 3. The summed E-state index contributed by atoms with van der Waals surface area (Å²) in [6, 6.07) is 8.49. The standard InChI is InChI=1S/C22H26N4.C3H6.C2H6/c1-5-10-22(6-2)16(4)26(20-13-23-11-9-17(20)22)14-21-24-18-8-7-15(3)12-19(18)25-21;1-3-2;1-2/h7-9,11-13H,4-6,10,14H2,1-3H3,(H,24,25);3H,1H2,2H3;1-2H3. The maximum absolute atomic E-state index is 4.79. The number of nitrogens with zero attached hydrogens (tertiary/aromatic N) is 3. The Balaban J connectivity index is 0.000000630. The third-order valence-corrected chi connectivity index (χ3v) is 5.76. The van der Waals surface area contributed by atoms with Crippen molar-refractivity contribution in [2.45, 2.75) is 72.8 Å². The van der Waals surface area contributed by atoms with Crippen molar-refractivity contribution in [2.24, 2.45) is 0 Å². The Bertz CT molecular complexity index is 1020. The van der Waals surface area contributed by atoms with Crippen molar-refractivity contribution in [2.75, 3.05) is 4.90 Å². The van der Waals surface area contributed by atoms with Gasteiger partial charge in [-0.3, -0.25) is 4.98 Å².